The van der Waals surface area contributed by atoms with E-state index in [4.69, 9.17) is 0 Å². The highest BCUT2D eigenvalue weighted by molar-refractivity contribution is 5.93. The molecule has 1 aliphatic heterocycles. The topological polar surface area (TPSA) is 90.6 Å². The highest BCUT2D eigenvalue weighted by Crippen LogP contribution is 2.31. The third-order valence-corrected chi connectivity index (χ3v) is 4.41. The highest BCUT2D eigenvalue weighted by Gasteiger charge is 2.32. The number of H-pyrrole nitrogens is 2. The average Bonchev–Trinajstić information content (AvgIpc) is 3.20. The van der Waals surface area contributed by atoms with Crippen molar-refractivity contribution < 1.29 is 4.79 Å². The standard InChI is InChI=1S/C16H18N6O/c1-10-14(20-21-19-10)16(23)22-9-5-4-8-13(22)15-17-11-6-2-3-7-12(11)18-15/h2-3,6-7,13H,4-5,8-9H2,1H3,(H,17,18)(H,19,20,21). The zero-order valence-corrected chi connectivity index (χ0v) is 12.9. The number of nitrogens with zero attached hydrogens (tertiary/aromatic N) is 4. The maximum Gasteiger partial charge on any atom is 0.276 e. The van der Waals surface area contributed by atoms with Gasteiger partial charge in [0.2, 0.25) is 0 Å². The van der Waals surface area contributed by atoms with E-state index in [-0.39, 0.29) is 11.9 Å². The number of piperidine rings is 1. The molecule has 0 bridgehead atoms. The predicted octanol–water partition coefficient (Wildman–Crippen LogP) is 2.36. The highest BCUT2D eigenvalue weighted by atomic mass is 16.2. The van der Waals surface area contributed by atoms with Crippen LogP contribution in [-0.4, -0.2) is 42.7 Å². The van der Waals surface area contributed by atoms with E-state index in [1.165, 1.54) is 0 Å². The smallest absolute Gasteiger partial charge is 0.276 e. The Balaban J connectivity index is 1.70. The first-order chi connectivity index (χ1) is 11.2. The lowest BCUT2D eigenvalue weighted by molar-refractivity contribution is 0.0594. The molecule has 2 N–H and O–H groups in total. The van der Waals surface area contributed by atoms with Gasteiger partial charge in [-0.2, -0.15) is 15.4 Å². The molecular formula is C16H18N6O. The molecule has 7 heteroatoms. The number of fused-ring (bicyclic) bond motifs is 1. The minimum absolute atomic E-state index is 0.0419. The molecule has 1 unspecified atom stereocenters. The van der Waals surface area contributed by atoms with Crippen molar-refractivity contribution in [1.82, 2.24) is 30.3 Å². The lowest BCUT2D eigenvalue weighted by atomic mass is 10.0. The summed E-state index contributed by atoms with van der Waals surface area (Å²) in [6.07, 6.45) is 2.99. The van der Waals surface area contributed by atoms with E-state index >= 15 is 0 Å². The number of carbonyl (C=O) groups excluding carboxylic acids is 1. The van der Waals surface area contributed by atoms with Gasteiger partial charge in [-0.25, -0.2) is 4.98 Å². The van der Waals surface area contributed by atoms with Gasteiger partial charge in [-0.15, -0.1) is 0 Å². The van der Waals surface area contributed by atoms with Gasteiger partial charge in [0, 0.05) is 6.54 Å². The summed E-state index contributed by atoms with van der Waals surface area (Å²) in [6, 6.07) is 7.89. The summed E-state index contributed by atoms with van der Waals surface area (Å²) in [6.45, 7) is 2.50. The van der Waals surface area contributed by atoms with Gasteiger partial charge in [-0.1, -0.05) is 12.1 Å². The number of imidazole rings is 1. The lowest BCUT2D eigenvalue weighted by Gasteiger charge is -2.34. The van der Waals surface area contributed by atoms with Crippen LogP contribution < -0.4 is 0 Å². The van der Waals surface area contributed by atoms with Crippen LogP contribution >= 0.6 is 0 Å². The summed E-state index contributed by atoms with van der Waals surface area (Å²) in [4.78, 5) is 22.8. The van der Waals surface area contributed by atoms with Crippen molar-refractivity contribution in [2.24, 2.45) is 0 Å². The van der Waals surface area contributed by atoms with Crippen LogP contribution in [0.25, 0.3) is 11.0 Å². The molecule has 1 saturated heterocycles. The van der Waals surface area contributed by atoms with Gasteiger partial charge >= 0.3 is 0 Å². The summed E-state index contributed by atoms with van der Waals surface area (Å²) >= 11 is 0. The van der Waals surface area contributed by atoms with E-state index in [0.29, 0.717) is 17.9 Å². The van der Waals surface area contributed by atoms with Crippen LogP contribution in [0.4, 0.5) is 0 Å². The van der Waals surface area contributed by atoms with Crippen LogP contribution in [0.5, 0.6) is 0 Å². The second-order valence-electron chi connectivity index (χ2n) is 5.91. The maximum atomic E-state index is 12.8. The molecule has 1 atom stereocenters. The van der Waals surface area contributed by atoms with Crippen LogP contribution in [0, 0.1) is 6.92 Å². The SMILES string of the molecule is Cc1n[nH]nc1C(=O)N1CCCCC1c1nc2ccccc2[nH]1. The molecule has 1 aliphatic rings. The Kier molecular flexibility index (Phi) is 3.33. The van der Waals surface area contributed by atoms with Crippen LogP contribution in [0.3, 0.4) is 0 Å². The Morgan fingerprint density at radius 1 is 1.26 bits per heavy atom. The number of likely N-dealkylation sites (tertiary alicyclic amines) is 1. The fraction of sp³-hybridized carbons (Fsp3) is 0.375. The van der Waals surface area contributed by atoms with E-state index < -0.39 is 0 Å². The maximum absolute atomic E-state index is 12.8. The number of carbonyl (C=O) groups is 1. The van der Waals surface area contributed by atoms with Crippen molar-refractivity contribution in [1.29, 1.82) is 0 Å². The first-order valence-corrected chi connectivity index (χ1v) is 7.87. The van der Waals surface area contributed by atoms with Crippen molar-refractivity contribution >= 4 is 16.9 Å². The molecule has 23 heavy (non-hydrogen) atoms. The number of amides is 1. The first-order valence-electron chi connectivity index (χ1n) is 7.87. The van der Waals surface area contributed by atoms with Gasteiger partial charge < -0.3 is 9.88 Å². The third-order valence-electron chi connectivity index (χ3n) is 4.41. The molecule has 7 nitrogen and oxygen atoms in total. The summed E-state index contributed by atoms with van der Waals surface area (Å²) < 4.78 is 0. The number of para-hydroxylation sites is 2. The van der Waals surface area contributed by atoms with E-state index in [0.717, 1.165) is 36.1 Å². The zero-order valence-electron chi connectivity index (χ0n) is 12.9. The van der Waals surface area contributed by atoms with E-state index in [1.807, 2.05) is 29.2 Å². The van der Waals surface area contributed by atoms with Crippen molar-refractivity contribution in [2.75, 3.05) is 6.54 Å². The minimum atomic E-state index is -0.0820. The average molecular weight is 310 g/mol. The molecular weight excluding hydrogens is 292 g/mol. The molecule has 0 saturated carbocycles. The Bertz CT molecular complexity index is 818. The molecule has 118 valence electrons. The van der Waals surface area contributed by atoms with E-state index in [9.17, 15) is 4.79 Å². The molecule has 2 aromatic heterocycles. The van der Waals surface area contributed by atoms with E-state index in [2.05, 4.69) is 25.4 Å². The molecule has 0 radical (unpaired) electrons. The summed E-state index contributed by atoms with van der Waals surface area (Å²) in [7, 11) is 0. The Morgan fingerprint density at radius 2 is 2.13 bits per heavy atom. The third kappa shape index (κ3) is 2.38. The number of nitrogens with one attached hydrogen (secondary N) is 2. The number of hydrogen-bond acceptors (Lipinski definition) is 4. The minimum Gasteiger partial charge on any atom is -0.340 e. The first kappa shape index (κ1) is 13.9. The summed E-state index contributed by atoms with van der Waals surface area (Å²) in [5, 5.41) is 10.5. The van der Waals surface area contributed by atoms with Gasteiger partial charge in [0.05, 0.1) is 22.8 Å². The van der Waals surface area contributed by atoms with Crippen molar-refractivity contribution in [3.8, 4) is 0 Å². The van der Waals surface area contributed by atoms with Gasteiger partial charge in [0.25, 0.3) is 5.91 Å². The Hall–Kier alpha value is -2.70. The van der Waals surface area contributed by atoms with Gasteiger partial charge in [0.15, 0.2) is 5.69 Å². The monoisotopic (exact) mass is 310 g/mol. The fourth-order valence-corrected chi connectivity index (χ4v) is 3.21. The van der Waals surface area contributed by atoms with Crippen LogP contribution in [-0.2, 0) is 0 Å². The van der Waals surface area contributed by atoms with Crippen molar-refractivity contribution in [3.05, 3.63) is 41.5 Å². The largest absolute Gasteiger partial charge is 0.340 e. The van der Waals surface area contributed by atoms with Gasteiger partial charge in [0.1, 0.15) is 5.82 Å². The second kappa shape index (κ2) is 5.49. The molecule has 3 heterocycles. The zero-order chi connectivity index (χ0) is 15.8. The Labute approximate surface area is 133 Å². The summed E-state index contributed by atoms with van der Waals surface area (Å²) in [5.41, 5.74) is 2.95. The molecule has 0 spiro atoms. The number of benzene rings is 1. The Morgan fingerprint density at radius 3 is 2.91 bits per heavy atom. The summed E-state index contributed by atoms with van der Waals surface area (Å²) in [5.74, 6) is 0.766. The fourth-order valence-electron chi connectivity index (χ4n) is 3.21. The predicted molar refractivity (Wildman–Crippen MR) is 84.8 cm³/mol. The molecule has 1 fully saturated rings. The number of rotatable bonds is 2. The van der Waals surface area contributed by atoms with Crippen molar-refractivity contribution in [2.45, 2.75) is 32.2 Å². The number of aromatic amines is 2. The van der Waals surface area contributed by atoms with Crippen LogP contribution in [0.1, 0.15) is 47.3 Å². The number of aromatic nitrogens is 5. The molecule has 1 aromatic carbocycles. The molecule has 1 amide bonds. The van der Waals surface area contributed by atoms with E-state index in [1.54, 1.807) is 6.92 Å². The number of hydrogen-bond donors (Lipinski definition) is 2. The molecule has 3 aromatic rings. The van der Waals surface area contributed by atoms with Gasteiger partial charge in [-0.05, 0) is 38.3 Å². The lowest BCUT2D eigenvalue weighted by Crippen LogP contribution is -2.39. The quantitative estimate of drug-likeness (QED) is 0.760. The van der Waals surface area contributed by atoms with Gasteiger partial charge in [-0.3, -0.25) is 4.79 Å². The molecule has 0 aliphatic carbocycles. The molecule has 4 rings (SSSR count). The normalized spacial score (nSPS) is 18.5. The second-order valence-corrected chi connectivity index (χ2v) is 5.91. The number of aryl methyl sites for hydroxylation is 1. The van der Waals surface area contributed by atoms with Crippen LogP contribution in [0.2, 0.25) is 0 Å². The van der Waals surface area contributed by atoms with Crippen LogP contribution in [0.15, 0.2) is 24.3 Å². The van der Waals surface area contributed by atoms with Crippen molar-refractivity contribution in [3.63, 3.8) is 0 Å².